The van der Waals surface area contributed by atoms with E-state index in [2.05, 4.69) is 24.1 Å². The number of benzene rings is 1. The van der Waals surface area contributed by atoms with Crippen molar-refractivity contribution in [2.45, 2.75) is 58.6 Å². The molecule has 0 aromatic heterocycles. The van der Waals surface area contributed by atoms with Gasteiger partial charge in [0.15, 0.2) is 0 Å². The van der Waals surface area contributed by atoms with Gasteiger partial charge < -0.3 is 24.4 Å². The Morgan fingerprint density at radius 1 is 1.20 bits per heavy atom. The highest BCUT2D eigenvalue weighted by Crippen LogP contribution is 2.27. The van der Waals surface area contributed by atoms with Gasteiger partial charge >= 0.3 is 0 Å². The van der Waals surface area contributed by atoms with Crippen LogP contribution in [0.1, 0.15) is 56.8 Å². The van der Waals surface area contributed by atoms with Gasteiger partial charge in [-0.2, -0.15) is 0 Å². The number of hydrogen-bond donors (Lipinski definition) is 1. The quantitative estimate of drug-likeness (QED) is 0.657. The molecule has 0 saturated carbocycles. The number of methoxy groups -OCH3 is 1. The van der Waals surface area contributed by atoms with Gasteiger partial charge in [-0.1, -0.05) is 13.8 Å². The number of likely N-dealkylation sites (N-methyl/N-ethyl adjacent to an activating group) is 1. The van der Waals surface area contributed by atoms with Crippen LogP contribution in [0, 0.1) is 11.8 Å². The van der Waals surface area contributed by atoms with Crippen molar-refractivity contribution in [2.24, 2.45) is 11.8 Å². The molecule has 35 heavy (non-hydrogen) atoms. The van der Waals surface area contributed by atoms with E-state index >= 15 is 0 Å². The second kappa shape index (κ2) is 13.2. The molecule has 0 spiro atoms. The minimum Gasteiger partial charge on any atom is -0.491 e. The molecule has 196 valence electrons. The molecule has 0 bridgehead atoms. The van der Waals surface area contributed by atoms with E-state index in [1.807, 2.05) is 6.92 Å². The van der Waals surface area contributed by atoms with Crippen LogP contribution in [0.5, 0.6) is 5.75 Å². The fraction of sp³-hybridized carbons (Fsp3) is 0.704. The zero-order valence-corrected chi connectivity index (χ0v) is 22.0. The molecule has 3 atom stereocenters. The van der Waals surface area contributed by atoms with Crippen LogP contribution in [0.25, 0.3) is 0 Å². The first-order valence-electron chi connectivity index (χ1n) is 13.0. The van der Waals surface area contributed by atoms with Crippen LogP contribution in [0.4, 0.5) is 5.69 Å². The minimum absolute atomic E-state index is 0.0621. The maximum Gasteiger partial charge on any atom is 0.257 e. The molecule has 8 nitrogen and oxygen atoms in total. The molecule has 8 heteroatoms. The summed E-state index contributed by atoms with van der Waals surface area (Å²) in [5.41, 5.74) is 1.05. The highest BCUT2D eigenvalue weighted by Gasteiger charge is 2.30. The number of hydrogen-bond acceptors (Lipinski definition) is 6. The number of anilines is 1. The molecule has 2 aliphatic rings. The second-order valence-corrected chi connectivity index (χ2v) is 10.1. The molecule has 1 saturated heterocycles. The van der Waals surface area contributed by atoms with Crippen molar-refractivity contribution < 1.29 is 23.8 Å². The maximum atomic E-state index is 13.4. The zero-order valence-electron chi connectivity index (χ0n) is 22.0. The molecule has 0 aliphatic carbocycles. The van der Waals surface area contributed by atoms with E-state index in [4.69, 9.17) is 14.2 Å². The monoisotopic (exact) mass is 489 g/mol. The second-order valence-electron chi connectivity index (χ2n) is 10.1. The maximum absolute atomic E-state index is 13.4. The van der Waals surface area contributed by atoms with E-state index in [0.29, 0.717) is 42.5 Å². The lowest BCUT2D eigenvalue weighted by molar-refractivity contribution is -0.116. The number of fused-ring (bicyclic) bond motifs is 1. The van der Waals surface area contributed by atoms with Gasteiger partial charge in [0.25, 0.3) is 5.91 Å². The highest BCUT2D eigenvalue weighted by atomic mass is 16.5. The van der Waals surface area contributed by atoms with Gasteiger partial charge in [0, 0.05) is 65.2 Å². The Hall–Kier alpha value is -2.16. The van der Waals surface area contributed by atoms with Crippen LogP contribution >= 0.6 is 0 Å². The fourth-order valence-electron chi connectivity index (χ4n) is 4.89. The number of carbonyl (C=O) groups excluding carboxylic acids is 2. The van der Waals surface area contributed by atoms with Crippen molar-refractivity contribution in [3.63, 3.8) is 0 Å². The van der Waals surface area contributed by atoms with E-state index in [1.54, 1.807) is 37.3 Å². The number of rotatable bonds is 6. The first kappa shape index (κ1) is 27.4. The van der Waals surface area contributed by atoms with Gasteiger partial charge in [0.2, 0.25) is 5.91 Å². The number of nitrogens with one attached hydrogen (secondary N) is 1. The molecule has 2 heterocycles. The third-order valence-electron chi connectivity index (χ3n) is 7.17. The van der Waals surface area contributed by atoms with Crippen LogP contribution in [0.15, 0.2) is 18.2 Å². The van der Waals surface area contributed by atoms with Crippen LogP contribution in [0.3, 0.4) is 0 Å². The lowest BCUT2D eigenvalue weighted by Crippen LogP contribution is -2.48. The molecule has 3 rings (SSSR count). The average Bonchev–Trinajstić information content (AvgIpc) is 2.85. The van der Waals surface area contributed by atoms with Crippen LogP contribution < -0.4 is 10.1 Å². The summed E-state index contributed by atoms with van der Waals surface area (Å²) in [6, 6.07) is 5.49. The Labute approximate surface area is 210 Å². The fourth-order valence-corrected chi connectivity index (χ4v) is 4.89. The minimum atomic E-state index is -0.145. The molecular weight excluding hydrogens is 446 g/mol. The van der Waals surface area contributed by atoms with E-state index in [9.17, 15) is 9.59 Å². The van der Waals surface area contributed by atoms with Crippen molar-refractivity contribution in [1.29, 1.82) is 0 Å². The van der Waals surface area contributed by atoms with E-state index in [-0.39, 0.29) is 29.9 Å². The smallest absolute Gasteiger partial charge is 0.257 e. The third kappa shape index (κ3) is 7.66. The Kier molecular flexibility index (Phi) is 10.4. The lowest BCUT2D eigenvalue weighted by atomic mass is 9.96. The molecule has 1 aromatic carbocycles. The lowest BCUT2D eigenvalue weighted by Gasteiger charge is -2.38. The molecular formula is C27H43N3O5. The number of carbonyl (C=O) groups is 2. The van der Waals surface area contributed by atoms with Crippen molar-refractivity contribution >= 4 is 17.5 Å². The molecule has 1 N–H and O–H groups in total. The Balaban J connectivity index is 1.87. The van der Waals surface area contributed by atoms with E-state index < -0.39 is 0 Å². The summed E-state index contributed by atoms with van der Waals surface area (Å²) in [5.74, 6) is 1.17. The van der Waals surface area contributed by atoms with Crippen LogP contribution in [-0.2, 0) is 14.3 Å². The van der Waals surface area contributed by atoms with Gasteiger partial charge in [0.05, 0.1) is 11.7 Å². The van der Waals surface area contributed by atoms with Crippen LogP contribution in [-0.4, -0.2) is 87.4 Å². The average molecular weight is 490 g/mol. The number of ether oxygens (including phenoxy) is 3. The highest BCUT2D eigenvalue weighted by molar-refractivity contribution is 5.99. The normalized spacial score (nSPS) is 25.2. The summed E-state index contributed by atoms with van der Waals surface area (Å²) in [7, 11) is 3.51. The zero-order chi connectivity index (χ0) is 25.4. The SMILES string of the molecule is CCCC(=O)Nc1ccc2c(c1)C(=O)N(C)C[C@@H](OC)[C@H](C)CN(CC1CCOCC1)[C@H](C)CO2. The summed E-state index contributed by atoms with van der Waals surface area (Å²) in [6.07, 6.45) is 3.28. The predicted molar refractivity (Wildman–Crippen MR) is 137 cm³/mol. The summed E-state index contributed by atoms with van der Waals surface area (Å²) < 4.78 is 17.7. The van der Waals surface area contributed by atoms with Gasteiger partial charge in [-0.3, -0.25) is 14.5 Å². The van der Waals surface area contributed by atoms with Crippen molar-refractivity contribution in [3.05, 3.63) is 23.8 Å². The van der Waals surface area contributed by atoms with Crippen LogP contribution in [0.2, 0.25) is 0 Å². The largest absolute Gasteiger partial charge is 0.491 e. The Morgan fingerprint density at radius 3 is 2.63 bits per heavy atom. The van der Waals surface area contributed by atoms with E-state index in [1.165, 1.54) is 0 Å². The number of nitrogens with zero attached hydrogens (tertiary/aromatic N) is 2. The number of amides is 2. The molecule has 0 unspecified atom stereocenters. The Morgan fingerprint density at radius 2 is 1.94 bits per heavy atom. The van der Waals surface area contributed by atoms with Gasteiger partial charge in [0.1, 0.15) is 12.4 Å². The molecule has 1 fully saturated rings. The van der Waals surface area contributed by atoms with Gasteiger partial charge in [-0.05, 0) is 56.2 Å². The van der Waals surface area contributed by atoms with E-state index in [0.717, 1.165) is 45.6 Å². The van der Waals surface area contributed by atoms with Gasteiger partial charge in [-0.15, -0.1) is 0 Å². The predicted octanol–water partition coefficient (Wildman–Crippen LogP) is 3.66. The summed E-state index contributed by atoms with van der Waals surface area (Å²) in [4.78, 5) is 29.8. The molecule has 0 radical (unpaired) electrons. The van der Waals surface area contributed by atoms with Crippen molar-refractivity contribution in [3.8, 4) is 5.75 Å². The molecule has 1 aromatic rings. The van der Waals surface area contributed by atoms with Crippen molar-refractivity contribution in [1.82, 2.24) is 9.80 Å². The Bertz CT molecular complexity index is 842. The summed E-state index contributed by atoms with van der Waals surface area (Å²) in [6.45, 7) is 10.8. The third-order valence-corrected chi connectivity index (χ3v) is 7.17. The summed E-state index contributed by atoms with van der Waals surface area (Å²) in [5, 5.41) is 2.89. The van der Waals surface area contributed by atoms with Crippen molar-refractivity contribution in [2.75, 3.05) is 58.9 Å². The standard InChI is InChI=1S/C27H43N3O5/c1-6-7-26(31)28-22-8-9-24-23(14-22)27(32)29(4)17-25(33-5)19(2)15-30(20(3)18-35-24)16-21-10-12-34-13-11-21/h8-9,14,19-21,25H,6-7,10-13,15-18H2,1-5H3,(H,28,31)/t19-,20-,25-/m1/s1. The first-order valence-corrected chi connectivity index (χ1v) is 13.0. The molecule has 2 aliphatic heterocycles. The molecule has 2 amide bonds. The summed E-state index contributed by atoms with van der Waals surface area (Å²) >= 11 is 0. The van der Waals surface area contributed by atoms with Gasteiger partial charge in [-0.25, -0.2) is 0 Å². The topological polar surface area (TPSA) is 80.3 Å². The first-order chi connectivity index (χ1) is 16.8.